The van der Waals surface area contributed by atoms with Gasteiger partial charge in [0.2, 0.25) is 5.91 Å². The summed E-state index contributed by atoms with van der Waals surface area (Å²) < 4.78 is 5.55. The Morgan fingerprint density at radius 1 is 1.22 bits per heavy atom. The molecule has 128 valence electrons. The maximum atomic E-state index is 12.8. The van der Waals surface area contributed by atoms with E-state index in [9.17, 15) is 4.79 Å². The lowest BCUT2D eigenvalue weighted by Crippen LogP contribution is -2.51. The molecule has 0 atom stereocenters. The predicted octanol–water partition coefficient (Wildman–Crippen LogP) is 2.62. The number of hydrogen-bond acceptors (Lipinski definition) is 3. The minimum Gasteiger partial charge on any atom is -0.381 e. The molecule has 1 fully saturated rings. The monoisotopic (exact) mass is 318 g/mol. The topological polar surface area (TPSA) is 64.4 Å². The number of benzene rings is 1. The second-order valence-corrected chi connectivity index (χ2v) is 6.63. The Bertz CT molecular complexity index is 483. The fourth-order valence-corrected chi connectivity index (χ4v) is 3.51. The van der Waals surface area contributed by atoms with Gasteiger partial charge in [-0.25, -0.2) is 0 Å². The molecule has 0 radical (unpaired) electrons. The molecule has 1 aromatic carbocycles. The Kier molecular flexibility index (Phi) is 6.19. The number of hydrogen-bond donors (Lipinski definition) is 2. The highest BCUT2D eigenvalue weighted by Crippen LogP contribution is 2.35. The average molecular weight is 318 g/mol. The summed E-state index contributed by atoms with van der Waals surface area (Å²) >= 11 is 0. The van der Waals surface area contributed by atoms with Crippen molar-refractivity contribution in [3.8, 4) is 0 Å². The van der Waals surface area contributed by atoms with E-state index in [1.54, 1.807) is 0 Å². The van der Waals surface area contributed by atoms with Crippen molar-refractivity contribution in [2.45, 2.75) is 44.9 Å². The number of nitrogens with one attached hydrogen (secondary N) is 1. The third kappa shape index (κ3) is 3.75. The van der Waals surface area contributed by atoms with Crippen LogP contribution in [0.3, 0.4) is 0 Å². The van der Waals surface area contributed by atoms with Crippen LogP contribution in [0.4, 0.5) is 0 Å². The van der Waals surface area contributed by atoms with Gasteiger partial charge in [0.25, 0.3) is 0 Å². The van der Waals surface area contributed by atoms with Crippen LogP contribution >= 0.6 is 0 Å². The van der Waals surface area contributed by atoms with Crippen LogP contribution in [0.25, 0.3) is 0 Å². The van der Waals surface area contributed by atoms with Crippen molar-refractivity contribution in [1.29, 1.82) is 0 Å². The standard InChI is InChI=1S/C19H30N2O2/c1-3-18(4-2,14-20)17(22)21-15-19(10-12-23-13-11-19)16-8-6-5-7-9-16/h5-9H,3-4,10-15,20H2,1-2H3,(H,21,22). The third-order valence-electron chi connectivity index (χ3n) is 5.65. The van der Waals surface area contributed by atoms with Crippen molar-refractivity contribution in [2.75, 3.05) is 26.3 Å². The Morgan fingerprint density at radius 3 is 2.35 bits per heavy atom. The molecule has 1 amide bonds. The first-order valence-electron chi connectivity index (χ1n) is 8.74. The lowest BCUT2D eigenvalue weighted by Gasteiger charge is -2.39. The second kappa shape index (κ2) is 7.93. The normalized spacial score (nSPS) is 17.7. The van der Waals surface area contributed by atoms with E-state index < -0.39 is 5.41 Å². The Morgan fingerprint density at radius 2 is 1.83 bits per heavy atom. The lowest BCUT2D eigenvalue weighted by molar-refractivity contribution is -0.131. The Hall–Kier alpha value is -1.39. The lowest BCUT2D eigenvalue weighted by atomic mass is 9.73. The van der Waals surface area contributed by atoms with Crippen molar-refractivity contribution in [2.24, 2.45) is 11.1 Å². The van der Waals surface area contributed by atoms with Gasteiger partial charge in [0.1, 0.15) is 0 Å². The highest BCUT2D eigenvalue weighted by Gasteiger charge is 2.38. The van der Waals surface area contributed by atoms with Crippen molar-refractivity contribution in [3.63, 3.8) is 0 Å². The van der Waals surface area contributed by atoms with Crippen LogP contribution < -0.4 is 11.1 Å². The smallest absolute Gasteiger partial charge is 0.227 e. The molecule has 0 saturated carbocycles. The van der Waals surface area contributed by atoms with Gasteiger partial charge in [-0.05, 0) is 31.2 Å². The van der Waals surface area contributed by atoms with Crippen molar-refractivity contribution in [1.82, 2.24) is 5.32 Å². The molecule has 0 spiro atoms. The molecule has 3 N–H and O–H groups in total. The quantitative estimate of drug-likeness (QED) is 0.812. The first-order chi connectivity index (χ1) is 11.1. The van der Waals surface area contributed by atoms with Crippen LogP contribution in [-0.2, 0) is 14.9 Å². The minimum absolute atomic E-state index is 0.0308. The van der Waals surface area contributed by atoms with E-state index in [1.807, 2.05) is 19.9 Å². The summed E-state index contributed by atoms with van der Waals surface area (Å²) in [6.45, 7) is 6.62. The number of amides is 1. The first-order valence-corrected chi connectivity index (χ1v) is 8.74. The van der Waals surface area contributed by atoms with Crippen LogP contribution in [0.5, 0.6) is 0 Å². The summed E-state index contributed by atoms with van der Waals surface area (Å²) in [4.78, 5) is 12.8. The summed E-state index contributed by atoms with van der Waals surface area (Å²) in [5.41, 5.74) is 6.72. The Balaban J connectivity index is 2.15. The van der Waals surface area contributed by atoms with Crippen LogP contribution in [0.2, 0.25) is 0 Å². The second-order valence-electron chi connectivity index (χ2n) is 6.63. The van der Waals surface area contributed by atoms with Crippen molar-refractivity contribution in [3.05, 3.63) is 35.9 Å². The molecule has 0 bridgehead atoms. The van der Waals surface area contributed by atoms with E-state index >= 15 is 0 Å². The van der Waals surface area contributed by atoms with E-state index in [2.05, 4.69) is 29.6 Å². The van der Waals surface area contributed by atoms with Crippen LogP contribution in [0.15, 0.2) is 30.3 Å². The van der Waals surface area contributed by atoms with E-state index in [4.69, 9.17) is 10.5 Å². The molecule has 4 nitrogen and oxygen atoms in total. The number of ether oxygens (including phenoxy) is 1. The van der Waals surface area contributed by atoms with Gasteiger partial charge in [-0.3, -0.25) is 4.79 Å². The molecule has 23 heavy (non-hydrogen) atoms. The number of nitrogens with two attached hydrogens (primary N) is 1. The summed E-state index contributed by atoms with van der Waals surface area (Å²) in [6, 6.07) is 10.5. The predicted molar refractivity (Wildman–Crippen MR) is 93.3 cm³/mol. The van der Waals surface area contributed by atoms with E-state index in [1.165, 1.54) is 5.56 Å². The molecule has 1 aliphatic heterocycles. The SMILES string of the molecule is CCC(CC)(CN)C(=O)NCC1(c2ccccc2)CCOCC1. The average Bonchev–Trinajstić information content (AvgIpc) is 2.63. The van der Waals surface area contributed by atoms with Gasteiger partial charge >= 0.3 is 0 Å². The first kappa shape index (κ1) is 18.0. The Labute approximate surface area is 139 Å². The van der Waals surface area contributed by atoms with Crippen LogP contribution in [0, 0.1) is 5.41 Å². The molecular weight excluding hydrogens is 288 g/mol. The molecule has 1 heterocycles. The molecule has 0 aromatic heterocycles. The molecule has 0 aliphatic carbocycles. The van der Waals surface area contributed by atoms with Crippen molar-refractivity contribution >= 4 is 5.91 Å². The van der Waals surface area contributed by atoms with E-state index in [-0.39, 0.29) is 11.3 Å². The summed E-state index contributed by atoms with van der Waals surface area (Å²) in [5.74, 6) is 0.0896. The maximum absolute atomic E-state index is 12.8. The van der Waals surface area contributed by atoms with Gasteiger partial charge in [0, 0.05) is 31.7 Å². The molecule has 1 aromatic rings. The van der Waals surface area contributed by atoms with E-state index in [0.29, 0.717) is 13.1 Å². The van der Waals surface area contributed by atoms with Gasteiger partial charge in [-0.15, -0.1) is 0 Å². The molecular formula is C19H30N2O2. The fourth-order valence-electron chi connectivity index (χ4n) is 3.51. The zero-order valence-corrected chi connectivity index (χ0v) is 14.4. The molecule has 1 aliphatic rings. The fraction of sp³-hybridized carbons (Fsp3) is 0.632. The highest BCUT2D eigenvalue weighted by atomic mass is 16.5. The number of rotatable bonds is 7. The highest BCUT2D eigenvalue weighted by molar-refractivity contribution is 5.83. The van der Waals surface area contributed by atoms with Gasteiger partial charge in [0.15, 0.2) is 0 Å². The summed E-state index contributed by atoms with van der Waals surface area (Å²) in [5, 5.41) is 3.21. The zero-order valence-electron chi connectivity index (χ0n) is 14.4. The molecule has 1 saturated heterocycles. The molecule has 4 heteroatoms. The zero-order chi connectivity index (χ0) is 16.8. The largest absolute Gasteiger partial charge is 0.381 e. The molecule has 0 unspecified atom stereocenters. The molecule has 2 rings (SSSR count). The van der Waals surface area contributed by atoms with Crippen molar-refractivity contribution < 1.29 is 9.53 Å². The van der Waals surface area contributed by atoms with E-state index in [0.717, 1.165) is 38.9 Å². The van der Waals surface area contributed by atoms with Gasteiger partial charge in [-0.1, -0.05) is 44.2 Å². The van der Waals surface area contributed by atoms with Gasteiger partial charge < -0.3 is 15.8 Å². The number of carbonyl (C=O) groups excluding carboxylic acids is 1. The van der Waals surface area contributed by atoms with Gasteiger partial charge in [-0.2, -0.15) is 0 Å². The van der Waals surface area contributed by atoms with Crippen LogP contribution in [0.1, 0.15) is 45.1 Å². The summed E-state index contributed by atoms with van der Waals surface area (Å²) in [6.07, 6.45) is 3.41. The maximum Gasteiger partial charge on any atom is 0.227 e. The van der Waals surface area contributed by atoms with Crippen LogP contribution in [-0.4, -0.2) is 32.2 Å². The van der Waals surface area contributed by atoms with Gasteiger partial charge in [0.05, 0.1) is 5.41 Å². The number of carbonyl (C=O) groups is 1. The minimum atomic E-state index is -0.441. The summed E-state index contributed by atoms with van der Waals surface area (Å²) in [7, 11) is 0. The third-order valence-corrected chi connectivity index (χ3v) is 5.65.